The molecular formula is C27H34ClN7O4. The van der Waals surface area contributed by atoms with Crippen LogP contribution in [-0.2, 0) is 16.1 Å². The minimum Gasteiger partial charge on any atom is -0.480 e. The number of likely N-dealkylation sites (tertiary alicyclic amines) is 1. The van der Waals surface area contributed by atoms with Crippen LogP contribution in [0.25, 0.3) is 5.82 Å². The molecule has 2 aromatic heterocycles. The maximum absolute atomic E-state index is 12.4. The number of aromatic nitrogens is 4. The quantitative estimate of drug-likeness (QED) is 0.339. The van der Waals surface area contributed by atoms with Crippen molar-refractivity contribution in [1.29, 1.82) is 0 Å². The lowest BCUT2D eigenvalue weighted by Crippen LogP contribution is -2.43. The number of piperidine rings is 1. The number of rotatable bonds is 9. The molecule has 1 amide bonds. The van der Waals surface area contributed by atoms with E-state index < -0.39 is 17.6 Å². The molecule has 11 nitrogen and oxygen atoms in total. The van der Waals surface area contributed by atoms with Crippen molar-refractivity contribution < 1.29 is 19.4 Å². The van der Waals surface area contributed by atoms with Crippen LogP contribution >= 0.6 is 11.6 Å². The zero-order chi connectivity index (χ0) is 28.0. The van der Waals surface area contributed by atoms with E-state index in [-0.39, 0.29) is 12.0 Å². The molecule has 4 rings (SSSR count). The number of ether oxygens (including phenoxy) is 1. The fraction of sp³-hybridized carbons (Fsp3) is 0.444. The molecule has 0 radical (unpaired) electrons. The van der Waals surface area contributed by atoms with Crippen molar-refractivity contribution >= 4 is 35.4 Å². The molecule has 0 bridgehead atoms. The minimum absolute atomic E-state index is 0.132. The average Bonchev–Trinajstić information content (AvgIpc) is 3.42. The lowest BCUT2D eigenvalue weighted by atomic mass is 9.90. The molecule has 1 aliphatic rings. The fourth-order valence-corrected chi connectivity index (χ4v) is 4.57. The van der Waals surface area contributed by atoms with Gasteiger partial charge in [0.25, 0.3) is 0 Å². The van der Waals surface area contributed by atoms with Crippen molar-refractivity contribution in [2.45, 2.75) is 58.2 Å². The number of carboxylic acid groups (broad SMARTS) is 1. The van der Waals surface area contributed by atoms with Crippen LogP contribution in [0, 0.1) is 5.92 Å². The molecule has 1 atom stereocenters. The number of halogens is 1. The molecule has 1 fully saturated rings. The van der Waals surface area contributed by atoms with Gasteiger partial charge in [0.05, 0.1) is 0 Å². The summed E-state index contributed by atoms with van der Waals surface area (Å²) in [6.45, 7) is 7.01. The predicted molar refractivity (Wildman–Crippen MR) is 148 cm³/mol. The maximum Gasteiger partial charge on any atom is 0.410 e. The van der Waals surface area contributed by atoms with E-state index in [1.54, 1.807) is 40.3 Å². The standard InChI is InChI=1S/C27H34ClN7O4/c1-27(2,3)39-26(38)34-10-7-18(8-11-34)14-21(24(36)37)31-22-15-23(35-12-9-29-17-35)33-25(32-22)30-16-19-5-4-6-20(28)13-19/h4-6,9,12-13,15,17-18,21H,7-8,10-11,14,16H2,1-3H3,(H,36,37)(H2,30,31,32,33). The summed E-state index contributed by atoms with van der Waals surface area (Å²) in [5.74, 6) is 0.404. The monoisotopic (exact) mass is 555 g/mol. The van der Waals surface area contributed by atoms with Crippen LogP contribution in [0.4, 0.5) is 16.6 Å². The second-order valence-corrected chi connectivity index (χ2v) is 11.0. The van der Waals surface area contributed by atoms with Gasteiger partial charge in [-0.15, -0.1) is 0 Å². The van der Waals surface area contributed by atoms with Crippen molar-refractivity contribution in [1.82, 2.24) is 24.4 Å². The van der Waals surface area contributed by atoms with Crippen LogP contribution in [0.1, 0.15) is 45.6 Å². The lowest BCUT2D eigenvalue weighted by molar-refractivity contribution is -0.138. The van der Waals surface area contributed by atoms with E-state index in [0.717, 1.165) is 5.56 Å². The number of carbonyl (C=O) groups is 2. The molecule has 3 heterocycles. The maximum atomic E-state index is 12.4. The topological polar surface area (TPSA) is 134 Å². The summed E-state index contributed by atoms with van der Waals surface area (Å²) < 4.78 is 7.19. The third-order valence-electron chi connectivity index (χ3n) is 6.28. The number of anilines is 2. The molecule has 0 spiro atoms. The van der Waals surface area contributed by atoms with Gasteiger partial charge in [0.2, 0.25) is 5.95 Å². The third kappa shape index (κ3) is 8.31. The summed E-state index contributed by atoms with van der Waals surface area (Å²) in [5, 5.41) is 16.9. The van der Waals surface area contributed by atoms with E-state index in [1.165, 1.54) is 0 Å². The van der Waals surface area contributed by atoms with Crippen molar-refractivity contribution in [2.75, 3.05) is 23.7 Å². The van der Waals surface area contributed by atoms with Gasteiger partial charge in [-0.3, -0.25) is 4.57 Å². The largest absolute Gasteiger partial charge is 0.480 e. The Hall–Kier alpha value is -3.86. The third-order valence-corrected chi connectivity index (χ3v) is 6.51. The molecule has 1 aliphatic heterocycles. The smallest absolute Gasteiger partial charge is 0.410 e. The Morgan fingerprint density at radius 3 is 2.62 bits per heavy atom. The first-order valence-corrected chi connectivity index (χ1v) is 13.3. The highest BCUT2D eigenvalue weighted by molar-refractivity contribution is 6.30. The Morgan fingerprint density at radius 2 is 1.97 bits per heavy atom. The summed E-state index contributed by atoms with van der Waals surface area (Å²) in [7, 11) is 0. The van der Waals surface area contributed by atoms with E-state index in [4.69, 9.17) is 16.3 Å². The number of hydrogen-bond donors (Lipinski definition) is 3. The van der Waals surface area contributed by atoms with Gasteiger partial charge in [0.15, 0.2) is 0 Å². The summed E-state index contributed by atoms with van der Waals surface area (Å²) in [5.41, 5.74) is 0.399. The normalized spacial score (nSPS) is 15.0. The first kappa shape index (κ1) is 28.2. The highest BCUT2D eigenvalue weighted by atomic mass is 35.5. The molecule has 39 heavy (non-hydrogen) atoms. The summed E-state index contributed by atoms with van der Waals surface area (Å²) in [6, 6.07) is 8.28. The van der Waals surface area contributed by atoms with Crippen LogP contribution in [0.3, 0.4) is 0 Å². The van der Waals surface area contributed by atoms with Gasteiger partial charge in [-0.1, -0.05) is 23.7 Å². The number of nitrogens with zero attached hydrogens (tertiary/aromatic N) is 5. The number of benzene rings is 1. The second kappa shape index (κ2) is 12.3. The number of imidazole rings is 1. The number of carboxylic acids is 1. The number of nitrogens with one attached hydrogen (secondary N) is 2. The first-order valence-electron chi connectivity index (χ1n) is 12.9. The average molecular weight is 556 g/mol. The summed E-state index contributed by atoms with van der Waals surface area (Å²) in [6.07, 6.45) is 6.45. The number of amides is 1. The van der Waals surface area contributed by atoms with E-state index in [9.17, 15) is 14.7 Å². The predicted octanol–water partition coefficient (Wildman–Crippen LogP) is 4.83. The Bertz CT molecular complexity index is 1270. The molecular weight excluding hydrogens is 522 g/mol. The molecule has 3 aromatic rings. The molecule has 3 N–H and O–H groups in total. The van der Waals surface area contributed by atoms with Crippen molar-refractivity contribution in [3.63, 3.8) is 0 Å². The van der Waals surface area contributed by atoms with Crippen molar-refractivity contribution in [3.8, 4) is 5.82 Å². The zero-order valence-corrected chi connectivity index (χ0v) is 23.1. The molecule has 208 valence electrons. The molecule has 1 unspecified atom stereocenters. The first-order chi connectivity index (χ1) is 18.6. The van der Waals surface area contributed by atoms with E-state index >= 15 is 0 Å². The van der Waals surface area contributed by atoms with Crippen LogP contribution in [-0.4, -0.2) is 66.3 Å². The molecule has 1 saturated heterocycles. The second-order valence-electron chi connectivity index (χ2n) is 10.6. The molecule has 0 saturated carbocycles. The van der Waals surface area contributed by atoms with Crippen LogP contribution in [0.15, 0.2) is 49.1 Å². The number of carbonyl (C=O) groups excluding carboxylic acids is 1. The van der Waals surface area contributed by atoms with Gasteiger partial charge in [0, 0.05) is 43.1 Å². The molecule has 12 heteroatoms. The number of hydrogen-bond acceptors (Lipinski definition) is 8. The van der Waals surface area contributed by atoms with Gasteiger partial charge in [-0.25, -0.2) is 14.6 Å². The highest BCUT2D eigenvalue weighted by Crippen LogP contribution is 2.25. The highest BCUT2D eigenvalue weighted by Gasteiger charge is 2.30. The van der Waals surface area contributed by atoms with Gasteiger partial charge in [0.1, 0.15) is 29.6 Å². The van der Waals surface area contributed by atoms with Crippen LogP contribution in [0.5, 0.6) is 0 Å². The van der Waals surface area contributed by atoms with E-state index in [0.29, 0.717) is 61.5 Å². The van der Waals surface area contributed by atoms with Crippen LogP contribution < -0.4 is 10.6 Å². The molecule has 0 aliphatic carbocycles. The Kier molecular flexibility index (Phi) is 8.90. The Balaban J connectivity index is 1.44. The van der Waals surface area contributed by atoms with Gasteiger partial charge < -0.3 is 25.4 Å². The minimum atomic E-state index is -0.971. The Labute approximate surface area is 232 Å². The van der Waals surface area contributed by atoms with Crippen LogP contribution in [0.2, 0.25) is 5.02 Å². The van der Waals surface area contributed by atoms with Crippen molar-refractivity contribution in [3.05, 3.63) is 59.6 Å². The SMILES string of the molecule is CC(C)(C)OC(=O)N1CCC(CC(Nc2cc(-n3ccnc3)nc(NCc3cccc(Cl)c3)n2)C(=O)O)CC1. The van der Waals surface area contributed by atoms with Crippen molar-refractivity contribution in [2.24, 2.45) is 5.92 Å². The lowest BCUT2D eigenvalue weighted by Gasteiger charge is -2.34. The summed E-state index contributed by atoms with van der Waals surface area (Å²) in [4.78, 5) is 39.5. The fourth-order valence-electron chi connectivity index (χ4n) is 4.35. The van der Waals surface area contributed by atoms with Gasteiger partial charge in [-0.05, 0) is 63.6 Å². The van der Waals surface area contributed by atoms with E-state index in [2.05, 4.69) is 25.6 Å². The van der Waals surface area contributed by atoms with E-state index in [1.807, 2.05) is 39.0 Å². The number of aliphatic carboxylic acids is 1. The Morgan fingerprint density at radius 1 is 1.21 bits per heavy atom. The summed E-state index contributed by atoms with van der Waals surface area (Å²) >= 11 is 6.10. The molecule has 1 aromatic carbocycles. The van der Waals surface area contributed by atoms with Gasteiger partial charge in [-0.2, -0.15) is 9.97 Å². The van der Waals surface area contributed by atoms with Gasteiger partial charge >= 0.3 is 12.1 Å². The zero-order valence-electron chi connectivity index (χ0n) is 22.3.